The molecule has 2 aromatic rings. The quantitative estimate of drug-likeness (QED) is 0.894. The van der Waals surface area contributed by atoms with Crippen LogP contribution in [-0.2, 0) is 31.1 Å². The number of aromatic nitrogens is 1. The summed E-state index contributed by atoms with van der Waals surface area (Å²) in [7, 11) is 1.48. The Labute approximate surface area is 136 Å². The number of fused-ring (bicyclic) bond motifs is 2. The van der Waals surface area contributed by atoms with E-state index in [0.29, 0.717) is 23.1 Å². The van der Waals surface area contributed by atoms with Crippen LogP contribution in [0.15, 0.2) is 18.2 Å². The lowest BCUT2D eigenvalue weighted by Gasteiger charge is -2.08. The van der Waals surface area contributed by atoms with Crippen molar-refractivity contribution in [1.29, 1.82) is 0 Å². The minimum Gasteiger partial charge on any atom is -0.481 e. The normalized spacial score (nSPS) is 13.2. The molecule has 1 heterocycles. The Kier molecular flexibility index (Phi) is 3.71. The van der Waals surface area contributed by atoms with E-state index in [1.165, 1.54) is 29.8 Å². The van der Waals surface area contributed by atoms with E-state index >= 15 is 0 Å². The van der Waals surface area contributed by atoms with Crippen molar-refractivity contribution in [2.45, 2.75) is 19.3 Å². The summed E-state index contributed by atoms with van der Waals surface area (Å²) in [5.41, 5.74) is 1.24. The second kappa shape index (κ2) is 5.59. The molecule has 0 bridgehead atoms. The third kappa shape index (κ3) is 2.38. The fraction of sp³-hybridized carbons (Fsp3) is 0.235. The third-order valence-electron chi connectivity index (χ3n) is 4.32. The molecule has 1 aromatic carbocycles. The molecule has 0 amide bonds. The number of nitrogens with zero attached hydrogens (tertiary/aromatic N) is 1. The van der Waals surface area contributed by atoms with Crippen LogP contribution in [-0.4, -0.2) is 32.5 Å². The van der Waals surface area contributed by atoms with Crippen molar-refractivity contribution in [2.75, 3.05) is 0 Å². The Morgan fingerprint density at radius 2 is 1.96 bits per heavy atom. The summed E-state index contributed by atoms with van der Waals surface area (Å²) in [5.74, 6) is -3.33. The standard InChI is InChI=1S/C17H14FNO5/c1-19-12(7-13(20)21)14(17(23)24)11-4-2-8-6-9(18)3-5-10(8)16(22)15(11)19/h3,5-6H,2,4,7H2,1H3,(H,20,21)(H,23,24). The number of carbonyl (C=O) groups is 3. The van der Waals surface area contributed by atoms with Crippen LogP contribution in [0.2, 0.25) is 0 Å². The van der Waals surface area contributed by atoms with Gasteiger partial charge >= 0.3 is 11.9 Å². The monoisotopic (exact) mass is 331 g/mol. The highest BCUT2D eigenvalue weighted by molar-refractivity contribution is 6.12. The minimum atomic E-state index is -1.27. The summed E-state index contributed by atoms with van der Waals surface area (Å²) in [6, 6.07) is 3.84. The van der Waals surface area contributed by atoms with Gasteiger partial charge in [0.05, 0.1) is 17.7 Å². The van der Waals surface area contributed by atoms with Gasteiger partial charge in [0, 0.05) is 18.3 Å². The van der Waals surface area contributed by atoms with Crippen molar-refractivity contribution in [3.05, 3.63) is 57.7 Å². The van der Waals surface area contributed by atoms with E-state index in [2.05, 4.69) is 0 Å². The molecule has 3 rings (SSSR count). The molecule has 1 aliphatic rings. The van der Waals surface area contributed by atoms with E-state index in [1.807, 2.05) is 0 Å². The molecule has 0 radical (unpaired) electrons. The molecule has 1 aromatic heterocycles. The number of hydrogen-bond donors (Lipinski definition) is 2. The lowest BCUT2D eigenvalue weighted by atomic mass is 10.0. The average Bonchev–Trinajstić information content (AvgIpc) is 2.67. The van der Waals surface area contributed by atoms with Gasteiger partial charge in [-0.1, -0.05) is 0 Å². The van der Waals surface area contributed by atoms with Gasteiger partial charge in [-0.3, -0.25) is 9.59 Å². The van der Waals surface area contributed by atoms with Crippen molar-refractivity contribution in [1.82, 2.24) is 4.57 Å². The number of carboxylic acids is 2. The highest BCUT2D eigenvalue weighted by Gasteiger charge is 2.33. The highest BCUT2D eigenvalue weighted by Crippen LogP contribution is 2.31. The molecule has 0 unspecified atom stereocenters. The first kappa shape index (κ1) is 15.9. The van der Waals surface area contributed by atoms with Gasteiger partial charge in [0.2, 0.25) is 5.78 Å². The van der Waals surface area contributed by atoms with Crippen LogP contribution in [0.3, 0.4) is 0 Å². The zero-order valence-electron chi connectivity index (χ0n) is 12.8. The van der Waals surface area contributed by atoms with Crippen LogP contribution in [0.4, 0.5) is 4.39 Å². The van der Waals surface area contributed by atoms with Gasteiger partial charge in [0.25, 0.3) is 0 Å². The van der Waals surface area contributed by atoms with Crippen LogP contribution >= 0.6 is 0 Å². The van der Waals surface area contributed by atoms with Gasteiger partial charge < -0.3 is 14.8 Å². The molecule has 7 heteroatoms. The van der Waals surface area contributed by atoms with Crippen LogP contribution in [0, 0.1) is 5.82 Å². The lowest BCUT2D eigenvalue weighted by Crippen LogP contribution is -2.13. The molecule has 0 atom stereocenters. The van der Waals surface area contributed by atoms with Crippen molar-refractivity contribution < 1.29 is 29.0 Å². The van der Waals surface area contributed by atoms with E-state index in [-0.39, 0.29) is 23.4 Å². The summed E-state index contributed by atoms with van der Waals surface area (Å²) in [4.78, 5) is 35.6. The molecule has 0 saturated carbocycles. The first-order chi connectivity index (χ1) is 11.3. The van der Waals surface area contributed by atoms with Gasteiger partial charge in [-0.2, -0.15) is 0 Å². The molecule has 0 saturated heterocycles. The fourth-order valence-corrected chi connectivity index (χ4v) is 3.31. The maximum absolute atomic E-state index is 13.4. The number of halogens is 1. The molecular formula is C17H14FNO5. The lowest BCUT2D eigenvalue weighted by molar-refractivity contribution is -0.136. The number of aromatic carboxylic acids is 1. The van der Waals surface area contributed by atoms with Gasteiger partial charge in [0.15, 0.2) is 0 Å². The summed E-state index contributed by atoms with van der Waals surface area (Å²) in [6.45, 7) is 0. The fourth-order valence-electron chi connectivity index (χ4n) is 3.31. The first-order valence-electron chi connectivity index (χ1n) is 7.30. The Balaban J connectivity index is 2.26. The van der Waals surface area contributed by atoms with Crippen LogP contribution < -0.4 is 0 Å². The van der Waals surface area contributed by atoms with Crippen molar-refractivity contribution >= 4 is 17.7 Å². The molecule has 0 fully saturated rings. The Bertz CT molecular complexity index is 897. The van der Waals surface area contributed by atoms with Crippen LogP contribution in [0.25, 0.3) is 0 Å². The Morgan fingerprint density at radius 3 is 2.58 bits per heavy atom. The molecule has 0 aliphatic heterocycles. The zero-order chi connectivity index (χ0) is 17.6. The van der Waals surface area contributed by atoms with E-state index < -0.39 is 30.0 Å². The maximum atomic E-state index is 13.4. The number of aryl methyl sites for hydroxylation is 1. The maximum Gasteiger partial charge on any atom is 0.337 e. The summed E-state index contributed by atoms with van der Waals surface area (Å²) >= 11 is 0. The molecule has 0 spiro atoms. The summed E-state index contributed by atoms with van der Waals surface area (Å²) in [6.07, 6.45) is 0.0456. The Hall–Kier alpha value is -2.96. The van der Waals surface area contributed by atoms with E-state index in [0.717, 1.165) is 0 Å². The average molecular weight is 331 g/mol. The number of benzene rings is 1. The van der Waals surface area contributed by atoms with Gasteiger partial charge in [-0.15, -0.1) is 0 Å². The molecule has 2 N–H and O–H groups in total. The van der Waals surface area contributed by atoms with Crippen molar-refractivity contribution in [2.24, 2.45) is 7.05 Å². The molecule has 6 nitrogen and oxygen atoms in total. The first-order valence-corrected chi connectivity index (χ1v) is 7.30. The van der Waals surface area contributed by atoms with E-state index in [9.17, 15) is 23.9 Å². The predicted octanol–water partition coefficient (Wildman–Crippen LogP) is 1.82. The second-order valence-electron chi connectivity index (χ2n) is 5.71. The van der Waals surface area contributed by atoms with E-state index in [4.69, 9.17) is 5.11 Å². The van der Waals surface area contributed by atoms with E-state index in [1.54, 1.807) is 0 Å². The minimum absolute atomic E-state index is 0.0823. The van der Waals surface area contributed by atoms with Gasteiger partial charge in [-0.25, -0.2) is 9.18 Å². The summed E-state index contributed by atoms with van der Waals surface area (Å²) < 4.78 is 14.8. The van der Waals surface area contributed by atoms with Gasteiger partial charge in [-0.05, 0) is 42.2 Å². The number of carboxylic acid groups (broad SMARTS) is 2. The highest BCUT2D eigenvalue weighted by atomic mass is 19.1. The SMILES string of the molecule is Cn1c(CC(=O)O)c(C(=O)O)c2c1C(=O)c1ccc(F)cc1CC2. The largest absolute Gasteiger partial charge is 0.481 e. The zero-order valence-corrected chi connectivity index (χ0v) is 12.8. The third-order valence-corrected chi connectivity index (χ3v) is 4.32. The molecule has 24 heavy (non-hydrogen) atoms. The number of carbonyl (C=O) groups excluding carboxylic acids is 1. The number of aliphatic carboxylic acids is 1. The predicted molar refractivity (Wildman–Crippen MR) is 81.0 cm³/mol. The number of hydrogen-bond acceptors (Lipinski definition) is 3. The van der Waals surface area contributed by atoms with Crippen LogP contribution in [0.1, 0.15) is 43.2 Å². The van der Waals surface area contributed by atoms with Gasteiger partial charge in [0.1, 0.15) is 5.82 Å². The molecule has 1 aliphatic carbocycles. The second-order valence-corrected chi connectivity index (χ2v) is 5.71. The number of rotatable bonds is 3. The molecular weight excluding hydrogens is 317 g/mol. The smallest absolute Gasteiger partial charge is 0.337 e. The topological polar surface area (TPSA) is 96.6 Å². The van der Waals surface area contributed by atoms with Crippen molar-refractivity contribution in [3.8, 4) is 0 Å². The number of ketones is 1. The van der Waals surface area contributed by atoms with Crippen molar-refractivity contribution in [3.63, 3.8) is 0 Å². The Morgan fingerprint density at radius 1 is 1.25 bits per heavy atom. The summed E-state index contributed by atoms with van der Waals surface area (Å²) in [5, 5.41) is 18.5. The van der Waals surface area contributed by atoms with Crippen LogP contribution in [0.5, 0.6) is 0 Å². The molecule has 124 valence electrons.